The van der Waals surface area contributed by atoms with E-state index in [1.54, 1.807) is 17.8 Å². The van der Waals surface area contributed by atoms with Crippen molar-refractivity contribution in [1.82, 2.24) is 19.5 Å². The summed E-state index contributed by atoms with van der Waals surface area (Å²) in [6, 6.07) is 0. The fourth-order valence-electron chi connectivity index (χ4n) is 1.39. The molecule has 2 heterocycles. The number of nitrogens with zero attached hydrogens (tertiary/aromatic N) is 4. The van der Waals surface area contributed by atoms with E-state index in [1.165, 1.54) is 0 Å². The van der Waals surface area contributed by atoms with Gasteiger partial charge in [-0.2, -0.15) is 9.97 Å². The second-order valence-corrected chi connectivity index (χ2v) is 4.11. The van der Waals surface area contributed by atoms with Crippen LogP contribution in [0.3, 0.4) is 0 Å². The van der Waals surface area contributed by atoms with Gasteiger partial charge in [0.05, 0.1) is 12.4 Å². The van der Waals surface area contributed by atoms with Gasteiger partial charge in [0.2, 0.25) is 5.95 Å². The number of rotatable bonds is 3. The topological polar surface area (TPSA) is 89.9 Å². The zero-order chi connectivity index (χ0) is 12.6. The molecule has 3 N–H and O–H groups in total. The molecule has 0 aliphatic rings. The van der Waals surface area contributed by atoms with Crippen LogP contribution in [0.2, 0.25) is 5.15 Å². The first-order valence-electron chi connectivity index (χ1n) is 4.98. The molecule has 0 radical (unpaired) electrons. The van der Waals surface area contributed by atoms with Crippen LogP contribution in [0.5, 0.6) is 0 Å². The minimum absolute atomic E-state index is 0.0897. The predicted octanol–water partition coefficient (Wildman–Crippen LogP) is 0.999. The normalized spacial score (nSPS) is 12.9. The smallest absolute Gasteiger partial charge is 0.223 e. The minimum Gasteiger partial charge on any atom is -0.389 e. The Morgan fingerprint density at radius 1 is 1.65 bits per heavy atom. The first-order valence-corrected chi connectivity index (χ1v) is 5.36. The first-order chi connectivity index (χ1) is 7.99. The van der Waals surface area contributed by atoms with E-state index < -0.39 is 6.10 Å². The zero-order valence-electron chi connectivity index (χ0n) is 9.26. The van der Waals surface area contributed by atoms with Gasteiger partial charge in [-0.25, -0.2) is 4.98 Å². The maximum atomic E-state index is 9.38. The molecule has 0 unspecified atom stereocenters. The number of imidazole rings is 1. The van der Waals surface area contributed by atoms with Gasteiger partial charge in [0.1, 0.15) is 5.52 Å². The van der Waals surface area contributed by atoms with E-state index >= 15 is 0 Å². The van der Waals surface area contributed by atoms with Crippen LogP contribution in [0.25, 0.3) is 11.2 Å². The number of aromatic nitrogens is 4. The van der Waals surface area contributed by atoms with Gasteiger partial charge < -0.3 is 15.4 Å². The molecule has 6 nitrogen and oxygen atoms in total. The molecule has 90 valence electrons. The average molecular weight is 254 g/mol. The van der Waals surface area contributed by atoms with Crippen LogP contribution < -0.4 is 5.73 Å². The van der Waals surface area contributed by atoms with Crippen molar-refractivity contribution in [2.45, 2.75) is 19.6 Å². The Morgan fingerprint density at radius 2 is 2.35 bits per heavy atom. The van der Waals surface area contributed by atoms with Gasteiger partial charge in [0.15, 0.2) is 10.8 Å². The number of fused-ring (bicyclic) bond motifs is 1. The lowest BCUT2D eigenvalue weighted by molar-refractivity contribution is 0.226. The summed E-state index contributed by atoms with van der Waals surface area (Å²) in [6.45, 7) is 5.83. The van der Waals surface area contributed by atoms with Crippen molar-refractivity contribution in [3.8, 4) is 0 Å². The summed E-state index contributed by atoms with van der Waals surface area (Å²) in [5.74, 6) is 0.0897. The molecule has 7 heteroatoms. The number of nitrogen functional groups attached to an aromatic ring is 1. The third kappa shape index (κ3) is 2.22. The number of anilines is 1. The van der Waals surface area contributed by atoms with Crippen LogP contribution in [0.15, 0.2) is 18.5 Å². The highest BCUT2D eigenvalue weighted by atomic mass is 35.5. The molecule has 0 bridgehead atoms. The number of aliphatic hydroxyl groups excluding tert-OH is 1. The predicted molar refractivity (Wildman–Crippen MR) is 65.6 cm³/mol. The molecule has 2 rings (SSSR count). The molecule has 17 heavy (non-hydrogen) atoms. The van der Waals surface area contributed by atoms with Gasteiger partial charge in [-0.1, -0.05) is 18.2 Å². The van der Waals surface area contributed by atoms with Crippen molar-refractivity contribution in [3.63, 3.8) is 0 Å². The van der Waals surface area contributed by atoms with Crippen molar-refractivity contribution in [2.24, 2.45) is 0 Å². The number of hydrogen-bond donors (Lipinski definition) is 2. The summed E-state index contributed by atoms with van der Waals surface area (Å²) < 4.78 is 1.72. The molecule has 2 aromatic rings. The lowest BCUT2D eigenvalue weighted by Crippen LogP contribution is -2.10. The molecule has 0 aliphatic carbocycles. The van der Waals surface area contributed by atoms with Gasteiger partial charge in [-0.05, 0) is 12.5 Å². The number of nitrogens with two attached hydrogens (primary N) is 1. The second-order valence-electron chi connectivity index (χ2n) is 3.75. The molecule has 0 aromatic carbocycles. The summed E-state index contributed by atoms with van der Waals surface area (Å²) >= 11 is 5.90. The molecule has 2 aromatic heterocycles. The monoisotopic (exact) mass is 253 g/mol. The Kier molecular flexibility index (Phi) is 2.99. The van der Waals surface area contributed by atoms with Gasteiger partial charge in [-0.15, -0.1) is 0 Å². The average Bonchev–Trinajstić information content (AvgIpc) is 2.61. The van der Waals surface area contributed by atoms with Crippen molar-refractivity contribution in [3.05, 3.63) is 23.6 Å². The highest BCUT2D eigenvalue weighted by Crippen LogP contribution is 2.20. The first kappa shape index (κ1) is 11.8. The Hall–Kier alpha value is -1.66. The summed E-state index contributed by atoms with van der Waals surface area (Å²) in [5.41, 5.74) is 7.19. The van der Waals surface area contributed by atoms with Gasteiger partial charge in [0, 0.05) is 6.54 Å². The van der Waals surface area contributed by atoms with Crippen molar-refractivity contribution >= 4 is 28.7 Å². The van der Waals surface area contributed by atoms with Crippen LogP contribution in [0, 0.1) is 0 Å². The molecule has 0 saturated heterocycles. The van der Waals surface area contributed by atoms with Gasteiger partial charge in [-0.3, -0.25) is 0 Å². The second kappa shape index (κ2) is 4.31. The zero-order valence-corrected chi connectivity index (χ0v) is 10.0. The van der Waals surface area contributed by atoms with Crippen LogP contribution in [-0.2, 0) is 6.54 Å². The molecule has 0 fully saturated rings. The standard InChI is InChI=1S/C10H12ClN5O/c1-5(6(2)17)3-16-4-13-7-8(11)14-10(12)15-9(7)16/h4,6,17H,1,3H2,2H3,(H2,12,14,15)/t6-/m1/s1. The number of aliphatic hydroxyl groups is 1. The van der Waals surface area contributed by atoms with Crippen molar-refractivity contribution < 1.29 is 5.11 Å². The maximum absolute atomic E-state index is 9.38. The minimum atomic E-state index is -0.595. The van der Waals surface area contributed by atoms with E-state index in [9.17, 15) is 5.11 Å². The number of halogens is 1. The molecule has 0 spiro atoms. The van der Waals surface area contributed by atoms with Crippen LogP contribution >= 0.6 is 11.6 Å². The Balaban J connectivity index is 2.46. The van der Waals surface area contributed by atoms with Gasteiger partial charge >= 0.3 is 0 Å². The van der Waals surface area contributed by atoms with Crippen LogP contribution in [-0.4, -0.2) is 30.7 Å². The lowest BCUT2D eigenvalue weighted by Gasteiger charge is -2.09. The molecule has 1 atom stereocenters. The molecule has 0 aliphatic heterocycles. The van der Waals surface area contributed by atoms with Crippen LogP contribution in [0.4, 0.5) is 5.95 Å². The highest BCUT2D eigenvalue weighted by Gasteiger charge is 2.12. The summed E-state index contributed by atoms with van der Waals surface area (Å²) in [7, 11) is 0. The van der Waals surface area contributed by atoms with Crippen molar-refractivity contribution in [1.29, 1.82) is 0 Å². The van der Waals surface area contributed by atoms with E-state index in [1.807, 2.05) is 0 Å². The van der Waals surface area contributed by atoms with E-state index in [2.05, 4.69) is 21.5 Å². The molecular formula is C10H12ClN5O. The maximum Gasteiger partial charge on any atom is 0.223 e. The quantitative estimate of drug-likeness (QED) is 0.629. The van der Waals surface area contributed by atoms with Crippen molar-refractivity contribution in [2.75, 3.05) is 5.73 Å². The Bertz CT molecular complexity index is 577. The fourth-order valence-corrected chi connectivity index (χ4v) is 1.61. The highest BCUT2D eigenvalue weighted by molar-refractivity contribution is 6.33. The Morgan fingerprint density at radius 3 is 3.00 bits per heavy atom. The van der Waals surface area contributed by atoms with E-state index in [0.717, 1.165) is 0 Å². The summed E-state index contributed by atoms with van der Waals surface area (Å²) in [5, 5.41) is 9.60. The molecule has 0 saturated carbocycles. The van der Waals surface area contributed by atoms with E-state index in [4.69, 9.17) is 17.3 Å². The van der Waals surface area contributed by atoms with Crippen LogP contribution in [0.1, 0.15) is 6.92 Å². The fraction of sp³-hybridized carbons (Fsp3) is 0.300. The largest absolute Gasteiger partial charge is 0.389 e. The van der Waals surface area contributed by atoms with E-state index in [0.29, 0.717) is 23.3 Å². The molecule has 0 amide bonds. The summed E-state index contributed by atoms with van der Waals surface area (Å²) in [6.07, 6.45) is 0.972. The SMILES string of the molecule is C=C(Cn1cnc2c(Cl)nc(N)nc21)[C@@H](C)O. The number of hydrogen-bond acceptors (Lipinski definition) is 5. The third-order valence-electron chi connectivity index (χ3n) is 2.40. The third-order valence-corrected chi connectivity index (χ3v) is 2.67. The van der Waals surface area contributed by atoms with E-state index in [-0.39, 0.29) is 11.1 Å². The van der Waals surface area contributed by atoms with Gasteiger partial charge in [0.25, 0.3) is 0 Å². The molecular weight excluding hydrogens is 242 g/mol. The summed E-state index contributed by atoms with van der Waals surface area (Å²) in [4.78, 5) is 12.0. The Labute approximate surface area is 103 Å². The lowest BCUT2D eigenvalue weighted by atomic mass is 10.2.